The van der Waals surface area contributed by atoms with Gasteiger partial charge in [0.1, 0.15) is 5.40 Å². The summed E-state index contributed by atoms with van der Waals surface area (Å²) in [5.41, 5.74) is 1.29. The molecule has 1 aliphatic rings. The first kappa shape index (κ1) is 10.4. The van der Waals surface area contributed by atoms with E-state index in [0.29, 0.717) is 0 Å². The highest BCUT2D eigenvalue weighted by Gasteiger charge is 2.10. The molecular formula is C12H14N2S. The van der Waals surface area contributed by atoms with Gasteiger partial charge in [-0.3, -0.25) is 0 Å². The second-order valence-electron chi connectivity index (χ2n) is 3.73. The van der Waals surface area contributed by atoms with Crippen LogP contribution in [-0.2, 0) is 0 Å². The predicted octanol–water partition coefficient (Wildman–Crippen LogP) is 3.25. The first-order chi connectivity index (χ1) is 7.40. The first-order valence-corrected chi connectivity index (χ1v) is 6.13. The minimum absolute atomic E-state index is 1.03. The lowest BCUT2D eigenvalue weighted by Crippen LogP contribution is -2.29. The van der Waals surface area contributed by atoms with E-state index in [-0.39, 0.29) is 0 Å². The number of nitrogens with zero attached hydrogens (tertiary/aromatic N) is 2. The van der Waals surface area contributed by atoms with Gasteiger partial charge in [0.15, 0.2) is 0 Å². The molecule has 0 saturated carbocycles. The molecule has 1 aromatic rings. The van der Waals surface area contributed by atoms with Crippen LogP contribution in [0.15, 0.2) is 29.2 Å². The van der Waals surface area contributed by atoms with Gasteiger partial charge in [-0.05, 0) is 55.3 Å². The number of nitriles is 1. The van der Waals surface area contributed by atoms with E-state index in [4.69, 9.17) is 5.26 Å². The summed E-state index contributed by atoms with van der Waals surface area (Å²) < 4.78 is 0. The van der Waals surface area contributed by atoms with Crippen molar-refractivity contribution in [2.24, 2.45) is 0 Å². The van der Waals surface area contributed by atoms with Crippen LogP contribution in [0, 0.1) is 10.7 Å². The number of benzene rings is 1. The average molecular weight is 218 g/mol. The Morgan fingerprint density at radius 3 is 2.33 bits per heavy atom. The number of rotatable bonds is 2. The molecule has 78 valence electrons. The van der Waals surface area contributed by atoms with E-state index in [2.05, 4.69) is 22.4 Å². The van der Waals surface area contributed by atoms with Gasteiger partial charge < -0.3 is 4.90 Å². The summed E-state index contributed by atoms with van der Waals surface area (Å²) in [6.07, 6.45) is 3.96. The van der Waals surface area contributed by atoms with Crippen LogP contribution in [0.2, 0.25) is 0 Å². The quantitative estimate of drug-likeness (QED) is 0.563. The van der Waals surface area contributed by atoms with Gasteiger partial charge in [0.05, 0.1) is 0 Å². The van der Waals surface area contributed by atoms with Crippen LogP contribution in [0.3, 0.4) is 0 Å². The maximum atomic E-state index is 8.54. The van der Waals surface area contributed by atoms with Gasteiger partial charge in [-0.15, -0.1) is 0 Å². The van der Waals surface area contributed by atoms with Crippen molar-refractivity contribution in [1.82, 2.24) is 0 Å². The summed E-state index contributed by atoms with van der Waals surface area (Å²) in [5, 5.41) is 10.6. The minimum atomic E-state index is 1.03. The number of hydrogen-bond acceptors (Lipinski definition) is 3. The topological polar surface area (TPSA) is 27.0 Å². The molecule has 0 radical (unpaired) electrons. The van der Waals surface area contributed by atoms with E-state index in [9.17, 15) is 0 Å². The molecule has 0 spiro atoms. The van der Waals surface area contributed by atoms with Crippen LogP contribution in [0.4, 0.5) is 5.69 Å². The molecule has 0 aliphatic carbocycles. The lowest BCUT2D eigenvalue weighted by atomic mass is 10.1. The summed E-state index contributed by atoms with van der Waals surface area (Å²) in [6.45, 7) is 2.34. The molecule has 0 aromatic heterocycles. The van der Waals surface area contributed by atoms with E-state index >= 15 is 0 Å². The second kappa shape index (κ2) is 5.09. The van der Waals surface area contributed by atoms with Gasteiger partial charge in [-0.2, -0.15) is 5.26 Å². The Balaban J connectivity index is 2.05. The number of hydrogen-bond donors (Lipinski definition) is 0. The molecular weight excluding hydrogens is 204 g/mol. The highest BCUT2D eigenvalue weighted by atomic mass is 32.2. The standard InChI is InChI=1S/C12H14N2S/c13-10-15-12-6-4-11(5-7-12)14-8-2-1-3-9-14/h4-7H,1-3,8-9H2. The Bertz CT molecular complexity index is 347. The van der Waals surface area contributed by atoms with Crippen molar-refractivity contribution in [1.29, 1.82) is 5.26 Å². The summed E-state index contributed by atoms with van der Waals surface area (Å²) in [4.78, 5) is 3.45. The Morgan fingerprint density at radius 2 is 1.73 bits per heavy atom. The van der Waals surface area contributed by atoms with Gasteiger partial charge in [-0.1, -0.05) is 0 Å². The zero-order valence-electron chi connectivity index (χ0n) is 8.65. The molecule has 2 rings (SSSR count). The number of anilines is 1. The SMILES string of the molecule is N#CSc1ccc(N2CCCCC2)cc1. The molecule has 1 aromatic carbocycles. The Kier molecular flexibility index (Phi) is 3.52. The Hall–Kier alpha value is -1.14. The minimum Gasteiger partial charge on any atom is -0.372 e. The molecule has 1 fully saturated rings. The van der Waals surface area contributed by atoms with E-state index < -0.39 is 0 Å². The predicted molar refractivity (Wildman–Crippen MR) is 64.0 cm³/mol. The molecule has 0 bridgehead atoms. The second-order valence-corrected chi connectivity index (χ2v) is 4.59. The van der Waals surface area contributed by atoms with Crippen LogP contribution in [0.5, 0.6) is 0 Å². The first-order valence-electron chi connectivity index (χ1n) is 5.31. The van der Waals surface area contributed by atoms with Crippen molar-refractivity contribution in [2.45, 2.75) is 24.2 Å². The van der Waals surface area contributed by atoms with E-state index in [1.54, 1.807) is 0 Å². The number of piperidine rings is 1. The van der Waals surface area contributed by atoms with Gasteiger partial charge in [-0.25, -0.2) is 0 Å². The van der Waals surface area contributed by atoms with E-state index in [1.807, 2.05) is 12.1 Å². The van der Waals surface area contributed by atoms with Crippen LogP contribution < -0.4 is 4.90 Å². The Morgan fingerprint density at radius 1 is 1.07 bits per heavy atom. The number of thioether (sulfide) groups is 1. The third kappa shape index (κ3) is 2.66. The maximum Gasteiger partial charge on any atom is 0.138 e. The summed E-state index contributed by atoms with van der Waals surface area (Å²) >= 11 is 1.22. The molecule has 2 nitrogen and oxygen atoms in total. The Labute approximate surface area is 94.9 Å². The van der Waals surface area contributed by atoms with Crippen LogP contribution in [-0.4, -0.2) is 13.1 Å². The molecule has 0 amide bonds. The molecule has 1 saturated heterocycles. The van der Waals surface area contributed by atoms with Crippen molar-refractivity contribution >= 4 is 17.4 Å². The van der Waals surface area contributed by atoms with Crippen molar-refractivity contribution in [3.63, 3.8) is 0 Å². The zero-order chi connectivity index (χ0) is 10.5. The molecule has 3 heteroatoms. The van der Waals surface area contributed by atoms with Crippen LogP contribution in [0.1, 0.15) is 19.3 Å². The highest BCUT2D eigenvalue weighted by molar-refractivity contribution is 8.03. The van der Waals surface area contributed by atoms with Gasteiger partial charge in [0.2, 0.25) is 0 Å². The van der Waals surface area contributed by atoms with Crippen LogP contribution in [0.25, 0.3) is 0 Å². The highest BCUT2D eigenvalue weighted by Crippen LogP contribution is 2.23. The lowest BCUT2D eigenvalue weighted by Gasteiger charge is -2.28. The molecule has 1 aliphatic heterocycles. The zero-order valence-corrected chi connectivity index (χ0v) is 9.46. The van der Waals surface area contributed by atoms with E-state index in [1.165, 1.54) is 49.8 Å². The summed E-state index contributed by atoms with van der Waals surface area (Å²) in [7, 11) is 0. The van der Waals surface area contributed by atoms with Gasteiger partial charge >= 0.3 is 0 Å². The molecule has 0 unspecified atom stereocenters. The fraction of sp³-hybridized carbons (Fsp3) is 0.417. The third-order valence-electron chi connectivity index (χ3n) is 2.72. The summed E-state index contributed by atoms with van der Waals surface area (Å²) in [5.74, 6) is 0. The fourth-order valence-corrected chi connectivity index (χ4v) is 2.31. The van der Waals surface area contributed by atoms with Crippen molar-refractivity contribution in [3.05, 3.63) is 24.3 Å². The van der Waals surface area contributed by atoms with Gasteiger partial charge in [0, 0.05) is 23.7 Å². The van der Waals surface area contributed by atoms with E-state index in [0.717, 1.165) is 4.90 Å². The molecule has 1 heterocycles. The fourth-order valence-electron chi connectivity index (χ4n) is 1.93. The number of thiocyanates is 1. The van der Waals surface area contributed by atoms with Crippen LogP contribution >= 0.6 is 11.8 Å². The van der Waals surface area contributed by atoms with Gasteiger partial charge in [0.25, 0.3) is 0 Å². The maximum absolute atomic E-state index is 8.54. The largest absolute Gasteiger partial charge is 0.372 e. The normalized spacial score (nSPS) is 16.1. The monoisotopic (exact) mass is 218 g/mol. The molecule has 0 N–H and O–H groups in total. The van der Waals surface area contributed by atoms with Crippen molar-refractivity contribution < 1.29 is 0 Å². The lowest BCUT2D eigenvalue weighted by molar-refractivity contribution is 0.578. The van der Waals surface area contributed by atoms with Crippen molar-refractivity contribution in [3.8, 4) is 5.40 Å². The molecule has 15 heavy (non-hydrogen) atoms. The average Bonchev–Trinajstić information content (AvgIpc) is 2.32. The third-order valence-corrected chi connectivity index (χ3v) is 3.32. The van der Waals surface area contributed by atoms with Crippen molar-refractivity contribution in [2.75, 3.05) is 18.0 Å². The molecule has 0 atom stereocenters. The summed E-state index contributed by atoms with van der Waals surface area (Å²) in [6, 6.07) is 8.28. The smallest absolute Gasteiger partial charge is 0.138 e.